The quantitative estimate of drug-likeness (QED) is 0.672. The smallest absolute Gasteiger partial charge is 0.274 e. The number of hydrogen-bond donors (Lipinski definition) is 1. The molecule has 2 rings (SSSR count). The van der Waals surface area contributed by atoms with Crippen molar-refractivity contribution in [2.24, 2.45) is 0 Å². The molecule has 0 aliphatic heterocycles. The average Bonchev–Trinajstić information content (AvgIpc) is 2.77. The number of nitro benzene ring substituents is 1. The van der Waals surface area contributed by atoms with Gasteiger partial charge in [-0.1, -0.05) is 6.07 Å². The molecule has 1 N–H and O–H groups in total. The molecule has 0 aliphatic carbocycles. The van der Waals surface area contributed by atoms with Crippen LogP contribution in [0.25, 0.3) is 0 Å². The molecule has 1 heterocycles. The summed E-state index contributed by atoms with van der Waals surface area (Å²) < 4.78 is 0. The Morgan fingerprint density at radius 3 is 2.84 bits per heavy atom. The molecule has 0 saturated carbocycles. The van der Waals surface area contributed by atoms with Crippen molar-refractivity contribution in [2.75, 3.05) is 11.9 Å². The van der Waals surface area contributed by atoms with Crippen LogP contribution in [-0.4, -0.2) is 16.5 Å². The van der Waals surface area contributed by atoms with Crippen LogP contribution in [0.4, 0.5) is 11.4 Å². The Hall–Kier alpha value is -1.95. The SMILES string of the molecule is Cc1csc(CCNc2ccc(C)c([N+](=O)[O-])c2)n1. The number of nitrogens with one attached hydrogen (secondary N) is 1. The molecule has 0 radical (unpaired) electrons. The summed E-state index contributed by atoms with van der Waals surface area (Å²) in [7, 11) is 0. The highest BCUT2D eigenvalue weighted by atomic mass is 32.1. The molecule has 6 heteroatoms. The van der Waals surface area contributed by atoms with Crippen LogP contribution in [0.2, 0.25) is 0 Å². The third-order valence-corrected chi connectivity index (χ3v) is 3.77. The number of hydrogen-bond acceptors (Lipinski definition) is 5. The van der Waals surface area contributed by atoms with Crippen molar-refractivity contribution in [3.05, 3.63) is 50.0 Å². The van der Waals surface area contributed by atoms with E-state index in [4.69, 9.17) is 0 Å². The van der Waals surface area contributed by atoms with Gasteiger partial charge in [-0.3, -0.25) is 10.1 Å². The third-order valence-electron chi connectivity index (χ3n) is 2.74. The zero-order valence-electron chi connectivity index (χ0n) is 10.8. The number of rotatable bonds is 5. The van der Waals surface area contributed by atoms with E-state index in [0.717, 1.165) is 22.8 Å². The first-order chi connectivity index (χ1) is 9.06. The summed E-state index contributed by atoms with van der Waals surface area (Å²) in [5, 5.41) is 17.1. The van der Waals surface area contributed by atoms with E-state index >= 15 is 0 Å². The summed E-state index contributed by atoms with van der Waals surface area (Å²) >= 11 is 1.64. The van der Waals surface area contributed by atoms with E-state index in [9.17, 15) is 10.1 Å². The maximum absolute atomic E-state index is 10.8. The molecule has 0 amide bonds. The van der Waals surface area contributed by atoms with Crippen LogP contribution in [0.3, 0.4) is 0 Å². The molecule has 0 spiro atoms. The molecule has 0 fully saturated rings. The van der Waals surface area contributed by atoms with Crippen LogP contribution in [0.15, 0.2) is 23.6 Å². The molecule has 100 valence electrons. The molecular weight excluding hydrogens is 262 g/mol. The highest BCUT2D eigenvalue weighted by molar-refractivity contribution is 7.09. The number of nitrogens with zero attached hydrogens (tertiary/aromatic N) is 2. The van der Waals surface area contributed by atoms with Crippen molar-refractivity contribution >= 4 is 22.7 Å². The summed E-state index contributed by atoms with van der Waals surface area (Å²) in [6, 6.07) is 5.19. The molecule has 0 bridgehead atoms. The number of aromatic nitrogens is 1. The van der Waals surface area contributed by atoms with E-state index in [1.807, 2.05) is 18.4 Å². The monoisotopic (exact) mass is 277 g/mol. The predicted molar refractivity (Wildman–Crippen MR) is 76.9 cm³/mol. The first kappa shape index (κ1) is 13.5. The fourth-order valence-electron chi connectivity index (χ4n) is 1.75. The van der Waals surface area contributed by atoms with Crippen LogP contribution in [0.1, 0.15) is 16.3 Å². The minimum Gasteiger partial charge on any atom is -0.384 e. The number of nitro groups is 1. The first-order valence-electron chi connectivity index (χ1n) is 5.96. The van der Waals surface area contributed by atoms with Gasteiger partial charge in [0.25, 0.3) is 5.69 Å². The lowest BCUT2D eigenvalue weighted by atomic mass is 10.2. The Bertz CT molecular complexity index is 595. The van der Waals surface area contributed by atoms with Gasteiger partial charge in [-0.2, -0.15) is 0 Å². The van der Waals surface area contributed by atoms with E-state index < -0.39 is 0 Å². The topological polar surface area (TPSA) is 68.1 Å². The lowest BCUT2D eigenvalue weighted by molar-refractivity contribution is -0.385. The van der Waals surface area contributed by atoms with Crippen LogP contribution >= 0.6 is 11.3 Å². The van der Waals surface area contributed by atoms with Crippen LogP contribution < -0.4 is 5.32 Å². The van der Waals surface area contributed by atoms with Gasteiger partial charge in [-0.25, -0.2) is 4.98 Å². The number of benzene rings is 1. The van der Waals surface area contributed by atoms with Crippen molar-refractivity contribution in [3.63, 3.8) is 0 Å². The van der Waals surface area contributed by atoms with Gasteiger partial charge in [-0.05, 0) is 19.9 Å². The summed E-state index contributed by atoms with van der Waals surface area (Å²) in [4.78, 5) is 14.9. The first-order valence-corrected chi connectivity index (χ1v) is 6.84. The molecule has 0 unspecified atom stereocenters. The molecule has 1 aromatic heterocycles. The summed E-state index contributed by atoms with van der Waals surface area (Å²) in [5.41, 5.74) is 2.62. The summed E-state index contributed by atoms with van der Waals surface area (Å²) in [5.74, 6) is 0. The van der Waals surface area contributed by atoms with Crippen molar-refractivity contribution in [3.8, 4) is 0 Å². The van der Waals surface area contributed by atoms with E-state index in [2.05, 4.69) is 10.3 Å². The van der Waals surface area contributed by atoms with E-state index in [-0.39, 0.29) is 10.6 Å². The van der Waals surface area contributed by atoms with Gasteiger partial charge in [0.05, 0.1) is 9.93 Å². The normalized spacial score (nSPS) is 10.4. The maximum atomic E-state index is 10.8. The van der Waals surface area contributed by atoms with Gasteiger partial charge in [0.1, 0.15) is 0 Å². The standard InChI is InChI=1S/C13H15N3O2S/c1-9-3-4-11(7-12(9)16(17)18)14-6-5-13-15-10(2)8-19-13/h3-4,7-8,14H,5-6H2,1-2H3. The fraction of sp³-hybridized carbons (Fsp3) is 0.308. The largest absolute Gasteiger partial charge is 0.384 e. The van der Waals surface area contributed by atoms with Crippen LogP contribution in [-0.2, 0) is 6.42 Å². The van der Waals surface area contributed by atoms with Gasteiger partial charge in [0.15, 0.2) is 0 Å². The summed E-state index contributed by atoms with van der Waals surface area (Å²) in [6.45, 7) is 4.42. The van der Waals surface area contributed by atoms with Gasteiger partial charge in [0.2, 0.25) is 0 Å². The highest BCUT2D eigenvalue weighted by Gasteiger charge is 2.10. The van der Waals surface area contributed by atoms with E-state index in [1.54, 1.807) is 30.4 Å². The fourth-order valence-corrected chi connectivity index (χ4v) is 2.52. The second kappa shape index (κ2) is 5.79. The highest BCUT2D eigenvalue weighted by Crippen LogP contribution is 2.22. The number of anilines is 1. The van der Waals surface area contributed by atoms with Crippen molar-refractivity contribution in [1.29, 1.82) is 0 Å². The van der Waals surface area contributed by atoms with E-state index in [0.29, 0.717) is 12.1 Å². The molecule has 19 heavy (non-hydrogen) atoms. The Balaban J connectivity index is 1.96. The second-order valence-corrected chi connectivity index (χ2v) is 5.26. The van der Waals surface area contributed by atoms with E-state index in [1.165, 1.54) is 0 Å². The van der Waals surface area contributed by atoms with Crippen molar-refractivity contribution in [2.45, 2.75) is 20.3 Å². The Labute approximate surface area is 115 Å². The molecule has 0 aliphatic rings. The Kier molecular flexibility index (Phi) is 4.11. The van der Waals surface area contributed by atoms with Crippen molar-refractivity contribution < 1.29 is 4.92 Å². The van der Waals surface area contributed by atoms with Crippen molar-refractivity contribution in [1.82, 2.24) is 4.98 Å². The molecule has 5 nitrogen and oxygen atoms in total. The molecular formula is C13H15N3O2S. The van der Waals surface area contributed by atoms with Gasteiger partial charge in [0, 0.05) is 41.4 Å². The van der Waals surface area contributed by atoms with Gasteiger partial charge >= 0.3 is 0 Å². The number of thiazole rings is 1. The average molecular weight is 277 g/mol. The molecule has 1 aromatic carbocycles. The summed E-state index contributed by atoms with van der Waals surface area (Å²) in [6.07, 6.45) is 0.820. The van der Waals surface area contributed by atoms with Crippen LogP contribution in [0, 0.1) is 24.0 Å². The zero-order valence-corrected chi connectivity index (χ0v) is 11.7. The second-order valence-electron chi connectivity index (χ2n) is 4.32. The Morgan fingerprint density at radius 2 is 2.21 bits per heavy atom. The molecule has 0 atom stereocenters. The predicted octanol–water partition coefficient (Wildman–Crippen LogP) is 3.32. The minimum atomic E-state index is -0.356. The van der Waals surface area contributed by atoms with Crippen LogP contribution in [0.5, 0.6) is 0 Å². The third kappa shape index (κ3) is 3.51. The number of aryl methyl sites for hydroxylation is 2. The zero-order chi connectivity index (χ0) is 13.8. The molecule has 2 aromatic rings. The molecule has 0 saturated heterocycles. The Morgan fingerprint density at radius 1 is 1.42 bits per heavy atom. The maximum Gasteiger partial charge on any atom is 0.274 e. The van der Waals surface area contributed by atoms with Gasteiger partial charge < -0.3 is 5.32 Å². The minimum absolute atomic E-state index is 0.148. The lowest BCUT2D eigenvalue weighted by Gasteiger charge is -2.06. The lowest BCUT2D eigenvalue weighted by Crippen LogP contribution is -2.05. The van der Waals surface area contributed by atoms with Gasteiger partial charge in [-0.15, -0.1) is 11.3 Å².